The first-order valence-corrected chi connectivity index (χ1v) is 7.53. The van der Waals surface area contributed by atoms with E-state index in [-0.39, 0.29) is 35.4 Å². The third kappa shape index (κ3) is 3.91. The molecular formula is C16H14FN5O4. The molecule has 0 unspecified atom stereocenters. The second-order valence-corrected chi connectivity index (χ2v) is 5.37. The number of H-pyrrole nitrogens is 1. The van der Waals surface area contributed by atoms with Gasteiger partial charge in [-0.2, -0.15) is 10.2 Å². The lowest BCUT2D eigenvalue weighted by atomic mass is 10.3. The van der Waals surface area contributed by atoms with Crippen LogP contribution in [-0.4, -0.2) is 41.8 Å². The van der Waals surface area contributed by atoms with Crippen LogP contribution in [0.3, 0.4) is 0 Å². The number of aromatic amines is 1. The number of ketones is 1. The highest BCUT2D eigenvalue weighted by Gasteiger charge is 2.18. The summed E-state index contributed by atoms with van der Waals surface area (Å²) in [7, 11) is 0. The smallest absolute Gasteiger partial charge is 0.325 e. The number of benzene rings is 1. The van der Waals surface area contributed by atoms with Crippen LogP contribution < -0.4 is 4.74 Å². The number of carbonyl (C=O) groups is 2. The number of ether oxygens (including phenoxy) is 1. The molecule has 0 bridgehead atoms. The lowest BCUT2D eigenvalue weighted by Gasteiger charge is -2.02. The summed E-state index contributed by atoms with van der Waals surface area (Å²) in [4.78, 5) is 26.7. The molecule has 0 saturated carbocycles. The molecule has 26 heavy (non-hydrogen) atoms. The van der Waals surface area contributed by atoms with Gasteiger partial charge in [0.05, 0.1) is 0 Å². The van der Waals surface area contributed by atoms with Crippen LogP contribution in [0.15, 0.2) is 30.3 Å². The third-order valence-corrected chi connectivity index (χ3v) is 3.35. The zero-order chi connectivity index (χ0) is 18.7. The van der Waals surface area contributed by atoms with Crippen LogP contribution in [0.4, 0.5) is 4.39 Å². The van der Waals surface area contributed by atoms with Gasteiger partial charge in [-0.3, -0.25) is 14.7 Å². The average Bonchev–Trinajstić information content (AvgIpc) is 3.19. The Kier molecular flexibility index (Phi) is 4.74. The summed E-state index contributed by atoms with van der Waals surface area (Å²) in [5, 5.41) is 19.6. The Labute approximate surface area is 146 Å². The number of nitrogens with one attached hydrogen (secondary N) is 1. The maximum absolute atomic E-state index is 13.2. The number of aromatic nitrogens is 5. The van der Waals surface area contributed by atoms with Gasteiger partial charge in [-0.05, 0) is 18.2 Å². The molecule has 0 aliphatic rings. The molecule has 2 aromatic heterocycles. The highest BCUT2D eigenvalue weighted by atomic mass is 19.1. The van der Waals surface area contributed by atoms with Gasteiger partial charge in [-0.1, -0.05) is 6.07 Å². The van der Waals surface area contributed by atoms with Gasteiger partial charge in [0.2, 0.25) is 0 Å². The Hall–Kier alpha value is -3.56. The molecule has 2 N–H and O–H groups in total. The number of carbonyl (C=O) groups excluding carboxylic acids is 1. The third-order valence-electron chi connectivity index (χ3n) is 3.35. The van der Waals surface area contributed by atoms with Crippen LogP contribution in [0.1, 0.15) is 23.2 Å². The first-order chi connectivity index (χ1) is 12.4. The summed E-state index contributed by atoms with van der Waals surface area (Å²) in [6.45, 7) is 0.842. The van der Waals surface area contributed by atoms with Crippen molar-refractivity contribution in [1.82, 2.24) is 25.0 Å². The van der Waals surface area contributed by atoms with Gasteiger partial charge in [-0.15, -0.1) is 0 Å². The highest BCUT2D eigenvalue weighted by molar-refractivity contribution is 5.92. The molecule has 0 spiro atoms. The Morgan fingerprint density at radius 3 is 2.81 bits per heavy atom. The number of halogens is 1. The van der Waals surface area contributed by atoms with Crippen molar-refractivity contribution in [2.75, 3.05) is 0 Å². The molecule has 0 fully saturated rings. The normalized spacial score (nSPS) is 10.7. The monoisotopic (exact) mass is 359 g/mol. The van der Waals surface area contributed by atoms with Gasteiger partial charge in [0.25, 0.3) is 0 Å². The fraction of sp³-hybridized carbons (Fsp3) is 0.188. The van der Waals surface area contributed by atoms with Crippen LogP contribution in [0.25, 0.3) is 11.5 Å². The summed E-state index contributed by atoms with van der Waals surface area (Å²) in [5.41, 5.74) is 0.545. The summed E-state index contributed by atoms with van der Waals surface area (Å²) in [6.07, 6.45) is 0. The van der Waals surface area contributed by atoms with Gasteiger partial charge in [-0.25, -0.2) is 14.1 Å². The number of aliphatic carboxylic acids is 1. The van der Waals surface area contributed by atoms with Crippen LogP contribution in [-0.2, 0) is 17.9 Å². The highest BCUT2D eigenvalue weighted by Crippen LogP contribution is 2.18. The van der Waals surface area contributed by atoms with Crippen LogP contribution >= 0.6 is 0 Å². The minimum absolute atomic E-state index is 0.0902. The quantitative estimate of drug-likeness (QED) is 0.615. The molecule has 0 atom stereocenters. The van der Waals surface area contributed by atoms with Crippen molar-refractivity contribution in [3.8, 4) is 17.3 Å². The number of carboxylic acid groups (broad SMARTS) is 1. The number of rotatable bonds is 7. The molecular weight excluding hydrogens is 345 g/mol. The Morgan fingerprint density at radius 2 is 2.15 bits per heavy atom. The SMILES string of the molecule is CC(=O)c1cc(-c2nc(COc3cccc(F)c3)nn2CC(=O)O)n[nH]1. The number of carboxylic acids is 1. The Balaban J connectivity index is 1.86. The molecule has 0 amide bonds. The van der Waals surface area contributed by atoms with E-state index >= 15 is 0 Å². The number of hydrogen-bond donors (Lipinski definition) is 2. The molecule has 0 aliphatic heterocycles. The maximum atomic E-state index is 13.2. The predicted molar refractivity (Wildman–Crippen MR) is 86.0 cm³/mol. The van der Waals surface area contributed by atoms with Crippen molar-refractivity contribution in [1.29, 1.82) is 0 Å². The zero-order valence-electron chi connectivity index (χ0n) is 13.6. The van der Waals surface area contributed by atoms with E-state index in [4.69, 9.17) is 9.84 Å². The molecule has 1 aromatic carbocycles. The van der Waals surface area contributed by atoms with Crippen molar-refractivity contribution in [2.45, 2.75) is 20.1 Å². The topological polar surface area (TPSA) is 123 Å². The van der Waals surface area contributed by atoms with E-state index in [1.807, 2.05) is 0 Å². The Morgan fingerprint density at radius 1 is 1.35 bits per heavy atom. The van der Waals surface area contributed by atoms with Gasteiger partial charge >= 0.3 is 5.97 Å². The minimum atomic E-state index is -1.11. The van der Waals surface area contributed by atoms with Crippen molar-refractivity contribution < 1.29 is 23.8 Å². The molecule has 0 radical (unpaired) electrons. The number of Topliss-reactive ketones (excluding diaryl/α,β-unsaturated/α-hetero) is 1. The van der Waals surface area contributed by atoms with Crippen molar-refractivity contribution in [3.63, 3.8) is 0 Å². The van der Waals surface area contributed by atoms with E-state index in [0.717, 1.165) is 4.68 Å². The second kappa shape index (κ2) is 7.13. The fourth-order valence-electron chi connectivity index (χ4n) is 2.20. The standard InChI is InChI=1S/C16H14FN5O4/c1-9(23)12-6-13(20-19-12)16-18-14(21-22(16)7-15(24)25)8-26-11-4-2-3-10(17)5-11/h2-6H,7-8H2,1H3,(H,19,20)(H,24,25). The summed E-state index contributed by atoms with van der Waals surface area (Å²) in [5.74, 6) is -1.12. The molecule has 134 valence electrons. The lowest BCUT2D eigenvalue weighted by Crippen LogP contribution is -2.12. The first kappa shape index (κ1) is 17.3. The van der Waals surface area contributed by atoms with Gasteiger partial charge in [0.1, 0.15) is 36.1 Å². The first-order valence-electron chi connectivity index (χ1n) is 7.53. The molecule has 3 rings (SSSR count). The summed E-state index contributed by atoms with van der Waals surface area (Å²) >= 11 is 0. The van der Waals surface area contributed by atoms with Gasteiger partial charge in [0, 0.05) is 13.0 Å². The maximum Gasteiger partial charge on any atom is 0.325 e. The minimum Gasteiger partial charge on any atom is -0.485 e. The van der Waals surface area contributed by atoms with Crippen molar-refractivity contribution >= 4 is 11.8 Å². The summed E-state index contributed by atoms with van der Waals surface area (Å²) < 4.78 is 19.7. The van der Waals surface area contributed by atoms with E-state index < -0.39 is 18.3 Å². The lowest BCUT2D eigenvalue weighted by molar-refractivity contribution is -0.137. The van der Waals surface area contributed by atoms with E-state index in [1.165, 1.54) is 31.2 Å². The van der Waals surface area contributed by atoms with E-state index in [9.17, 15) is 14.0 Å². The number of hydrogen-bond acceptors (Lipinski definition) is 6. The van der Waals surface area contributed by atoms with Crippen molar-refractivity contribution in [2.24, 2.45) is 0 Å². The largest absolute Gasteiger partial charge is 0.485 e. The van der Waals surface area contributed by atoms with E-state index in [1.54, 1.807) is 6.07 Å². The summed E-state index contributed by atoms with van der Waals surface area (Å²) in [6, 6.07) is 7.03. The van der Waals surface area contributed by atoms with Gasteiger partial charge in [0.15, 0.2) is 17.4 Å². The number of nitrogens with zero attached hydrogens (tertiary/aromatic N) is 4. The van der Waals surface area contributed by atoms with Crippen LogP contribution in [0.5, 0.6) is 5.75 Å². The molecule has 0 saturated heterocycles. The molecule has 2 heterocycles. The Bertz CT molecular complexity index is 965. The molecule has 0 aliphatic carbocycles. The van der Waals surface area contributed by atoms with Crippen LogP contribution in [0, 0.1) is 5.82 Å². The zero-order valence-corrected chi connectivity index (χ0v) is 13.6. The molecule has 10 heteroatoms. The van der Waals surface area contributed by atoms with E-state index in [0.29, 0.717) is 5.75 Å². The molecule has 9 nitrogen and oxygen atoms in total. The fourth-order valence-corrected chi connectivity index (χ4v) is 2.20. The van der Waals surface area contributed by atoms with Gasteiger partial charge < -0.3 is 9.84 Å². The second-order valence-electron chi connectivity index (χ2n) is 5.37. The van der Waals surface area contributed by atoms with E-state index in [2.05, 4.69) is 20.3 Å². The van der Waals surface area contributed by atoms with Crippen molar-refractivity contribution in [3.05, 3.63) is 47.7 Å². The predicted octanol–water partition coefficient (Wildman–Crippen LogP) is 1.67. The van der Waals surface area contributed by atoms with Crippen LogP contribution in [0.2, 0.25) is 0 Å². The average molecular weight is 359 g/mol. The molecule has 3 aromatic rings.